The second-order valence-corrected chi connectivity index (χ2v) is 4.55. The van der Waals surface area contributed by atoms with Crippen LogP contribution in [0.25, 0.3) is 0 Å². The molecule has 0 saturated carbocycles. The van der Waals surface area contributed by atoms with Gasteiger partial charge < -0.3 is 0 Å². The highest BCUT2D eigenvalue weighted by Crippen LogP contribution is 2.14. The summed E-state index contributed by atoms with van der Waals surface area (Å²) < 4.78 is 15.2. The summed E-state index contributed by atoms with van der Waals surface area (Å²) in [5.74, 6) is -0.0531. The Hall–Kier alpha value is -2.15. The van der Waals surface area contributed by atoms with E-state index >= 15 is 0 Å². The van der Waals surface area contributed by atoms with Crippen LogP contribution >= 0.6 is 0 Å². The lowest BCUT2D eigenvalue weighted by molar-refractivity contribution is 0.615. The Morgan fingerprint density at radius 3 is 2.78 bits per heavy atom. The summed E-state index contributed by atoms with van der Waals surface area (Å²) in [4.78, 5) is 0. The molecule has 0 aliphatic rings. The molecule has 1 heterocycles. The number of aromatic nitrogens is 2. The molecule has 0 amide bonds. The van der Waals surface area contributed by atoms with Gasteiger partial charge in [0.25, 0.3) is 0 Å². The molecule has 3 nitrogen and oxygen atoms in total. The summed E-state index contributed by atoms with van der Waals surface area (Å²) in [7, 11) is 0. The highest BCUT2D eigenvalue weighted by molar-refractivity contribution is 5.33. The monoisotopic (exact) mass is 243 g/mol. The largest absolute Gasteiger partial charge is 0.268 e. The first-order valence-electron chi connectivity index (χ1n) is 5.81. The zero-order valence-corrected chi connectivity index (χ0v) is 10.4. The molecule has 18 heavy (non-hydrogen) atoms. The van der Waals surface area contributed by atoms with Gasteiger partial charge in [0.2, 0.25) is 0 Å². The summed E-state index contributed by atoms with van der Waals surface area (Å²) in [5, 5.41) is 12.9. The summed E-state index contributed by atoms with van der Waals surface area (Å²) in [6.07, 6.45) is 3.78. The Bertz CT molecular complexity index is 593. The summed E-state index contributed by atoms with van der Waals surface area (Å²) in [6.45, 7) is 4.71. The minimum atomic E-state index is -0.480. The zero-order chi connectivity index (χ0) is 13.1. The SMILES string of the molecule is CC(C)c1cnn(Cc2ccc(C#N)c(F)c2)c1. The standard InChI is InChI=1S/C14H14FN3/c1-10(2)13-7-17-18(9-13)8-11-3-4-12(6-16)14(15)5-11/h3-5,7,9-10H,8H2,1-2H3. The van der Waals surface area contributed by atoms with Crippen molar-refractivity contribution in [1.29, 1.82) is 5.26 Å². The minimum Gasteiger partial charge on any atom is -0.268 e. The number of benzene rings is 1. The van der Waals surface area contributed by atoms with Gasteiger partial charge in [-0.15, -0.1) is 0 Å². The topological polar surface area (TPSA) is 41.6 Å². The van der Waals surface area contributed by atoms with E-state index in [2.05, 4.69) is 18.9 Å². The van der Waals surface area contributed by atoms with Crippen LogP contribution in [0.2, 0.25) is 0 Å². The Morgan fingerprint density at radius 2 is 2.22 bits per heavy atom. The first kappa shape index (κ1) is 12.3. The zero-order valence-electron chi connectivity index (χ0n) is 10.4. The van der Waals surface area contributed by atoms with Gasteiger partial charge in [0.15, 0.2) is 0 Å². The predicted octanol–water partition coefficient (Wildman–Crippen LogP) is 3.07. The van der Waals surface area contributed by atoms with Crippen LogP contribution < -0.4 is 0 Å². The van der Waals surface area contributed by atoms with Gasteiger partial charge in [-0.3, -0.25) is 4.68 Å². The van der Waals surface area contributed by atoms with Gasteiger partial charge in [-0.2, -0.15) is 10.4 Å². The Labute approximate surface area is 105 Å². The molecule has 4 heteroatoms. The second kappa shape index (κ2) is 5.01. The van der Waals surface area contributed by atoms with Crippen LogP contribution in [0.4, 0.5) is 4.39 Å². The quantitative estimate of drug-likeness (QED) is 0.831. The number of hydrogen-bond acceptors (Lipinski definition) is 2. The van der Waals surface area contributed by atoms with E-state index in [1.165, 1.54) is 12.1 Å². The molecule has 1 aromatic heterocycles. The lowest BCUT2D eigenvalue weighted by Crippen LogP contribution is -2.01. The highest BCUT2D eigenvalue weighted by atomic mass is 19.1. The van der Waals surface area contributed by atoms with Gasteiger partial charge in [0.1, 0.15) is 11.9 Å². The van der Waals surface area contributed by atoms with Crippen molar-refractivity contribution in [3.63, 3.8) is 0 Å². The molecule has 0 saturated heterocycles. The van der Waals surface area contributed by atoms with Crippen LogP contribution in [-0.2, 0) is 6.54 Å². The average Bonchev–Trinajstić information content (AvgIpc) is 2.78. The molecule has 92 valence electrons. The molecule has 2 aromatic rings. The van der Waals surface area contributed by atoms with Crippen LogP contribution in [0.1, 0.15) is 36.5 Å². The van der Waals surface area contributed by atoms with E-state index < -0.39 is 5.82 Å². The maximum Gasteiger partial charge on any atom is 0.141 e. The average molecular weight is 243 g/mol. The highest BCUT2D eigenvalue weighted by Gasteiger charge is 2.06. The van der Waals surface area contributed by atoms with E-state index in [0.717, 1.165) is 11.1 Å². The van der Waals surface area contributed by atoms with Gasteiger partial charge in [0.05, 0.1) is 18.3 Å². The van der Waals surface area contributed by atoms with Gasteiger partial charge in [0, 0.05) is 6.20 Å². The molecule has 0 N–H and O–H groups in total. The lowest BCUT2D eigenvalue weighted by Gasteiger charge is -2.03. The van der Waals surface area contributed by atoms with Crippen LogP contribution in [0, 0.1) is 17.1 Å². The Morgan fingerprint density at radius 1 is 1.44 bits per heavy atom. The molecule has 1 aromatic carbocycles. The Balaban J connectivity index is 2.18. The maximum absolute atomic E-state index is 13.4. The van der Waals surface area contributed by atoms with Crippen molar-refractivity contribution in [2.24, 2.45) is 0 Å². The predicted molar refractivity (Wildman–Crippen MR) is 66.5 cm³/mol. The number of nitrogens with zero attached hydrogens (tertiary/aromatic N) is 3. The van der Waals surface area contributed by atoms with Crippen LogP contribution in [0.5, 0.6) is 0 Å². The maximum atomic E-state index is 13.4. The third-order valence-electron chi connectivity index (χ3n) is 2.82. The molecule has 0 radical (unpaired) electrons. The molecule has 2 rings (SSSR count). The molecule has 0 bridgehead atoms. The first-order valence-corrected chi connectivity index (χ1v) is 5.81. The normalized spacial score (nSPS) is 10.6. The van der Waals surface area contributed by atoms with Gasteiger partial charge >= 0.3 is 0 Å². The molecule has 0 spiro atoms. The van der Waals surface area contributed by atoms with Gasteiger partial charge in [-0.05, 0) is 29.2 Å². The van der Waals surface area contributed by atoms with E-state index in [-0.39, 0.29) is 5.56 Å². The number of halogens is 1. The smallest absolute Gasteiger partial charge is 0.141 e. The molecule has 0 aliphatic carbocycles. The molecular formula is C14H14FN3. The van der Waals surface area contributed by atoms with E-state index in [0.29, 0.717) is 12.5 Å². The number of rotatable bonds is 3. The van der Waals surface area contributed by atoms with Crippen molar-refractivity contribution in [1.82, 2.24) is 9.78 Å². The molecule has 0 unspecified atom stereocenters. The fourth-order valence-electron chi connectivity index (χ4n) is 1.70. The van der Waals surface area contributed by atoms with E-state index in [4.69, 9.17) is 5.26 Å². The van der Waals surface area contributed by atoms with Crippen molar-refractivity contribution >= 4 is 0 Å². The molecular weight excluding hydrogens is 229 g/mol. The van der Waals surface area contributed by atoms with Crippen molar-refractivity contribution in [3.05, 3.63) is 53.1 Å². The number of hydrogen-bond donors (Lipinski definition) is 0. The van der Waals surface area contributed by atoms with E-state index in [9.17, 15) is 4.39 Å². The van der Waals surface area contributed by atoms with E-state index in [1.54, 1.807) is 10.7 Å². The third-order valence-corrected chi connectivity index (χ3v) is 2.82. The van der Waals surface area contributed by atoms with Gasteiger partial charge in [-0.1, -0.05) is 19.9 Å². The van der Waals surface area contributed by atoms with Crippen molar-refractivity contribution in [3.8, 4) is 6.07 Å². The van der Waals surface area contributed by atoms with Crippen LogP contribution in [0.3, 0.4) is 0 Å². The lowest BCUT2D eigenvalue weighted by atomic mass is 10.1. The summed E-state index contributed by atoms with van der Waals surface area (Å²) in [5.41, 5.74) is 2.02. The molecule has 0 aliphatic heterocycles. The van der Waals surface area contributed by atoms with Crippen LogP contribution in [-0.4, -0.2) is 9.78 Å². The minimum absolute atomic E-state index is 0.0714. The fraction of sp³-hybridized carbons (Fsp3) is 0.286. The molecule has 0 fully saturated rings. The Kier molecular flexibility index (Phi) is 3.42. The second-order valence-electron chi connectivity index (χ2n) is 4.55. The van der Waals surface area contributed by atoms with Crippen LogP contribution in [0.15, 0.2) is 30.6 Å². The molecule has 0 atom stereocenters. The van der Waals surface area contributed by atoms with Crippen molar-refractivity contribution < 1.29 is 4.39 Å². The van der Waals surface area contributed by atoms with Crippen molar-refractivity contribution in [2.75, 3.05) is 0 Å². The van der Waals surface area contributed by atoms with Crippen molar-refractivity contribution in [2.45, 2.75) is 26.3 Å². The summed E-state index contributed by atoms with van der Waals surface area (Å²) >= 11 is 0. The van der Waals surface area contributed by atoms with Gasteiger partial charge in [-0.25, -0.2) is 4.39 Å². The third kappa shape index (κ3) is 2.57. The number of nitriles is 1. The van der Waals surface area contributed by atoms with E-state index in [1.807, 2.05) is 18.5 Å². The first-order chi connectivity index (χ1) is 8.60. The fourth-order valence-corrected chi connectivity index (χ4v) is 1.70. The summed E-state index contributed by atoms with van der Waals surface area (Å²) in [6, 6.07) is 6.44.